The summed E-state index contributed by atoms with van der Waals surface area (Å²) < 4.78 is 0.724. The number of carbonyl (C=O) groups is 2. The van der Waals surface area contributed by atoms with Gasteiger partial charge in [0.2, 0.25) is 5.91 Å². The van der Waals surface area contributed by atoms with Crippen LogP contribution >= 0.6 is 15.9 Å². The smallest absolute Gasteiger partial charge is 0.257 e. The lowest BCUT2D eigenvalue weighted by atomic mass is 9.96. The fourth-order valence-electron chi connectivity index (χ4n) is 2.78. The Morgan fingerprint density at radius 2 is 2.05 bits per heavy atom. The standard InChI is InChI=1S/C16H19BrN2O3/c17-11-3-6-13(14(20)8-11)16(22)19-7-1-2-10(9-19)15(21)18-12-4-5-12/h3,6,8,10,12,20H,1-2,4-5,7,9H2,(H,18,21)/t10-/m0/s1. The second kappa shape index (κ2) is 6.28. The van der Waals surface area contributed by atoms with Crippen LogP contribution in [0.1, 0.15) is 36.0 Å². The Kier molecular flexibility index (Phi) is 4.38. The molecule has 1 aliphatic carbocycles. The van der Waals surface area contributed by atoms with E-state index >= 15 is 0 Å². The molecule has 0 radical (unpaired) electrons. The minimum atomic E-state index is -0.214. The number of likely N-dealkylation sites (tertiary alicyclic amines) is 1. The maximum absolute atomic E-state index is 12.6. The van der Waals surface area contributed by atoms with Crippen molar-refractivity contribution in [1.82, 2.24) is 10.2 Å². The van der Waals surface area contributed by atoms with Gasteiger partial charge in [0.1, 0.15) is 5.75 Å². The maximum atomic E-state index is 12.6. The third-order valence-electron chi connectivity index (χ3n) is 4.19. The average molecular weight is 367 g/mol. The molecule has 5 nitrogen and oxygen atoms in total. The Morgan fingerprint density at radius 1 is 1.27 bits per heavy atom. The van der Waals surface area contributed by atoms with Gasteiger partial charge >= 0.3 is 0 Å². The number of amides is 2. The molecule has 1 aliphatic heterocycles. The number of phenols is 1. The van der Waals surface area contributed by atoms with Crippen molar-refractivity contribution in [3.63, 3.8) is 0 Å². The summed E-state index contributed by atoms with van der Waals surface area (Å²) in [7, 11) is 0. The minimum Gasteiger partial charge on any atom is -0.507 e. The van der Waals surface area contributed by atoms with Crippen LogP contribution in [0.3, 0.4) is 0 Å². The number of carbonyl (C=O) groups excluding carboxylic acids is 2. The third kappa shape index (κ3) is 3.43. The van der Waals surface area contributed by atoms with Crippen molar-refractivity contribution in [2.24, 2.45) is 5.92 Å². The van der Waals surface area contributed by atoms with E-state index in [1.165, 1.54) is 6.07 Å². The van der Waals surface area contributed by atoms with Gasteiger partial charge in [0.15, 0.2) is 0 Å². The Labute approximate surface area is 137 Å². The zero-order chi connectivity index (χ0) is 15.7. The largest absolute Gasteiger partial charge is 0.507 e. The topological polar surface area (TPSA) is 69.6 Å². The predicted molar refractivity (Wildman–Crippen MR) is 85.6 cm³/mol. The molecule has 1 atom stereocenters. The van der Waals surface area contributed by atoms with Gasteiger partial charge in [0.05, 0.1) is 11.5 Å². The Bertz CT molecular complexity index is 601. The molecule has 22 heavy (non-hydrogen) atoms. The average Bonchev–Trinajstić information content (AvgIpc) is 3.31. The highest BCUT2D eigenvalue weighted by Crippen LogP contribution is 2.26. The van der Waals surface area contributed by atoms with Gasteiger partial charge < -0.3 is 15.3 Å². The number of halogens is 1. The summed E-state index contributed by atoms with van der Waals surface area (Å²) in [6.07, 6.45) is 3.75. The van der Waals surface area contributed by atoms with E-state index in [-0.39, 0.29) is 29.0 Å². The number of aromatic hydroxyl groups is 1. The van der Waals surface area contributed by atoms with Crippen LogP contribution in [0.5, 0.6) is 5.75 Å². The van der Waals surface area contributed by atoms with Crippen molar-refractivity contribution >= 4 is 27.7 Å². The highest BCUT2D eigenvalue weighted by molar-refractivity contribution is 9.10. The van der Waals surface area contributed by atoms with Gasteiger partial charge in [-0.3, -0.25) is 9.59 Å². The molecule has 1 saturated heterocycles. The summed E-state index contributed by atoms with van der Waals surface area (Å²) in [6, 6.07) is 5.19. The molecule has 0 bridgehead atoms. The molecule has 0 unspecified atom stereocenters. The number of hydrogen-bond acceptors (Lipinski definition) is 3. The van der Waals surface area contributed by atoms with Gasteiger partial charge in [-0.05, 0) is 43.9 Å². The zero-order valence-electron chi connectivity index (χ0n) is 12.2. The minimum absolute atomic E-state index is 0.0380. The Hall–Kier alpha value is -1.56. The summed E-state index contributed by atoms with van der Waals surface area (Å²) >= 11 is 3.26. The van der Waals surface area contributed by atoms with Gasteiger partial charge in [0.25, 0.3) is 5.91 Å². The van der Waals surface area contributed by atoms with E-state index in [9.17, 15) is 14.7 Å². The first-order valence-corrected chi connectivity index (χ1v) is 8.42. The van der Waals surface area contributed by atoms with E-state index in [0.29, 0.717) is 19.1 Å². The molecule has 3 rings (SSSR count). The summed E-state index contributed by atoms with van der Waals surface area (Å²) in [4.78, 5) is 26.4. The van der Waals surface area contributed by atoms with Gasteiger partial charge in [0, 0.05) is 23.6 Å². The number of piperidine rings is 1. The van der Waals surface area contributed by atoms with Gasteiger partial charge in [-0.2, -0.15) is 0 Å². The Morgan fingerprint density at radius 3 is 2.73 bits per heavy atom. The SMILES string of the molecule is O=C(NC1CC1)[C@H]1CCCN(C(=O)c2ccc(Br)cc2O)C1. The summed E-state index contributed by atoms with van der Waals surface area (Å²) in [5.74, 6) is -0.339. The van der Waals surface area contributed by atoms with E-state index in [1.54, 1.807) is 17.0 Å². The number of hydrogen-bond donors (Lipinski definition) is 2. The Balaban J connectivity index is 1.67. The molecule has 2 fully saturated rings. The highest BCUT2D eigenvalue weighted by Gasteiger charge is 2.32. The summed E-state index contributed by atoms with van der Waals surface area (Å²) in [5, 5.41) is 12.9. The molecule has 0 aromatic heterocycles. The molecule has 1 aromatic rings. The third-order valence-corrected chi connectivity index (χ3v) is 4.69. The van der Waals surface area contributed by atoms with E-state index in [4.69, 9.17) is 0 Å². The summed E-state index contributed by atoms with van der Waals surface area (Å²) in [6.45, 7) is 1.05. The monoisotopic (exact) mass is 366 g/mol. The summed E-state index contributed by atoms with van der Waals surface area (Å²) in [5.41, 5.74) is 0.284. The van der Waals surface area contributed by atoms with E-state index in [1.807, 2.05) is 0 Å². The molecule has 1 heterocycles. The van der Waals surface area contributed by atoms with Crippen molar-refractivity contribution in [3.8, 4) is 5.75 Å². The van der Waals surface area contributed by atoms with Crippen LogP contribution in [0.2, 0.25) is 0 Å². The fraction of sp³-hybridized carbons (Fsp3) is 0.500. The van der Waals surface area contributed by atoms with Crippen LogP contribution in [0, 0.1) is 5.92 Å². The number of benzene rings is 1. The van der Waals surface area contributed by atoms with Crippen molar-refractivity contribution in [3.05, 3.63) is 28.2 Å². The van der Waals surface area contributed by atoms with Gasteiger partial charge in [-0.15, -0.1) is 0 Å². The number of phenolic OH excluding ortho intramolecular Hbond substituents is 1. The second-order valence-electron chi connectivity index (χ2n) is 6.03. The number of nitrogens with one attached hydrogen (secondary N) is 1. The number of nitrogens with zero attached hydrogens (tertiary/aromatic N) is 1. The molecule has 2 N–H and O–H groups in total. The zero-order valence-corrected chi connectivity index (χ0v) is 13.8. The van der Waals surface area contributed by atoms with E-state index in [0.717, 1.165) is 30.2 Å². The normalized spacial score (nSPS) is 21.5. The van der Waals surface area contributed by atoms with Crippen molar-refractivity contribution < 1.29 is 14.7 Å². The molecule has 6 heteroatoms. The lowest BCUT2D eigenvalue weighted by molar-refractivity contribution is -0.126. The number of rotatable bonds is 3. The van der Waals surface area contributed by atoms with Crippen molar-refractivity contribution in [2.45, 2.75) is 31.7 Å². The molecule has 2 aliphatic rings. The molecule has 0 spiro atoms. The van der Waals surface area contributed by atoms with Gasteiger partial charge in [-0.25, -0.2) is 0 Å². The molecule has 1 aromatic carbocycles. The van der Waals surface area contributed by atoms with E-state index in [2.05, 4.69) is 21.2 Å². The first-order chi connectivity index (χ1) is 10.5. The lowest BCUT2D eigenvalue weighted by Crippen LogP contribution is -2.45. The predicted octanol–water partition coefficient (Wildman–Crippen LogP) is 2.29. The van der Waals surface area contributed by atoms with Crippen LogP contribution in [-0.2, 0) is 4.79 Å². The molecular weight excluding hydrogens is 348 g/mol. The van der Waals surface area contributed by atoms with Crippen LogP contribution in [-0.4, -0.2) is 41.0 Å². The molecular formula is C16H19BrN2O3. The van der Waals surface area contributed by atoms with Crippen LogP contribution in [0.4, 0.5) is 0 Å². The van der Waals surface area contributed by atoms with Crippen LogP contribution in [0.25, 0.3) is 0 Å². The van der Waals surface area contributed by atoms with Crippen LogP contribution < -0.4 is 5.32 Å². The van der Waals surface area contributed by atoms with Crippen molar-refractivity contribution in [1.29, 1.82) is 0 Å². The lowest BCUT2D eigenvalue weighted by Gasteiger charge is -2.32. The van der Waals surface area contributed by atoms with Crippen LogP contribution in [0.15, 0.2) is 22.7 Å². The molecule has 118 valence electrons. The molecule has 2 amide bonds. The van der Waals surface area contributed by atoms with E-state index < -0.39 is 0 Å². The first kappa shape index (κ1) is 15.3. The second-order valence-corrected chi connectivity index (χ2v) is 6.95. The van der Waals surface area contributed by atoms with Crippen molar-refractivity contribution in [2.75, 3.05) is 13.1 Å². The quantitative estimate of drug-likeness (QED) is 0.861. The first-order valence-electron chi connectivity index (χ1n) is 7.63. The van der Waals surface area contributed by atoms with Gasteiger partial charge in [-0.1, -0.05) is 15.9 Å². The maximum Gasteiger partial charge on any atom is 0.257 e. The fourth-order valence-corrected chi connectivity index (χ4v) is 3.13. The highest BCUT2D eigenvalue weighted by atomic mass is 79.9. The molecule has 1 saturated carbocycles.